The third kappa shape index (κ3) is 5.40. The van der Waals surface area contributed by atoms with E-state index in [2.05, 4.69) is 5.32 Å². The fourth-order valence-electron chi connectivity index (χ4n) is 3.76. The molecule has 0 bridgehead atoms. The van der Waals surface area contributed by atoms with Gasteiger partial charge in [0.2, 0.25) is 15.9 Å². The van der Waals surface area contributed by atoms with Crippen LogP contribution in [0.4, 0.5) is 0 Å². The first-order valence-electron chi connectivity index (χ1n) is 10.3. The second kappa shape index (κ2) is 9.62. The molecule has 0 spiro atoms. The summed E-state index contributed by atoms with van der Waals surface area (Å²) in [4.78, 5) is 12.7. The fourth-order valence-corrected chi connectivity index (χ4v) is 5.43. The van der Waals surface area contributed by atoms with E-state index in [0.29, 0.717) is 25.9 Å². The summed E-state index contributed by atoms with van der Waals surface area (Å²) in [7, 11) is -1.77. The van der Waals surface area contributed by atoms with Crippen LogP contribution < -0.4 is 10.1 Å². The predicted octanol–water partition coefficient (Wildman–Crippen LogP) is 3.42. The zero-order chi connectivity index (χ0) is 21.7. The molecule has 1 fully saturated rings. The summed E-state index contributed by atoms with van der Waals surface area (Å²) in [6.07, 6.45) is 1.07. The molecule has 1 aliphatic heterocycles. The average Bonchev–Trinajstić information content (AvgIpc) is 2.75. The molecule has 7 heteroatoms. The van der Waals surface area contributed by atoms with Crippen molar-refractivity contribution in [3.05, 3.63) is 65.2 Å². The molecule has 2 aromatic carbocycles. The van der Waals surface area contributed by atoms with Crippen molar-refractivity contribution in [1.29, 1.82) is 0 Å². The fraction of sp³-hybridized carbons (Fsp3) is 0.435. The Balaban J connectivity index is 1.54. The second-order valence-electron chi connectivity index (χ2n) is 7.86. The number of ether oxygens (including phenoxy) is 1. The minimum atomic E-state index is -3.39. The zero-order valence-electron chi connectivity index (χ0n) is 17.8. The van der Waals surface area contributed by atoms with E-state index >= 15 is 0 Å². The third-order valence-electron chi connectivity index (χ3n) is 5.79. The predicted molar refractivity (Wildman–Crippen MR) is 118 cm³/mol. The molecule has 2 aromatic rings. The standard InChI is InChI=1S/C23H30N2O4S/c1-17-6-4-5-7-21(17)16-30(27,28)25-14-12-20(13-15-25)23(26)24-18(2)19-8-10-22(29-3)11-9-19/h4-11,18,20H,12-16H2,1-3H3,(H,24,26). The Morgan fingerprint density at radius 2 is 1.77 bits per heavy atom. The molecule has 1 amide bonds. The van der Waals surface area contributed by atoms with Crippen LogP contribution in [0.5, 0.6) is 5.75 Å². The van der Waals surface area contributed by atoms with Crippen molar-refractivity contribution in [2.45, 2.75) is 38.5 Å². The van der Waals surface area contributed by atoms with Crippen LogP contribution in [0.3, 0.4) is 0 Å². The van der Waals surface area contributed by atoms with Gasteiger partial charge in [0.25, 0.3) is 0 Å². The minimum absolute atomic E-state index is 0.00500. The van der Waals surface area contributed by atoms with Crippen LogP contribution >= 0.6 is 0 Å². The Morgan fingerprint density at radius 3 is 2.37 bits per heavy atom. The molecule has 0 aliphatic carbocycles. The van der Waals surface area contributed by atoms with Gasteiger partial charge in [-0.25, -0.2) is 12.7 Å². The Hall–Kier alpha value is -2.38. The number of rotatable bonds is 7. The van der Waals surface area contributed by atoms with E-state index in [9.17, 15) is 13.2 Å². The number of hydrogen-bond donors (Lipinski definition) is 1. The van der Waals surface area contributed by atoms with Crippen molar-refractivity contribution in [2.24, 2.45) is 5.92 Å². The first kappa shape index (κ1) is 22.3. The first-order chi connectivity index (χ1) is 14.3. The summed E-state index contributed by atoms with van der Waals surface area (Å²) in [5.41, 5.74) is 2.80. The van der Waals surface area contributed by atoms with Crippen molar-refractivity contribution < 1.29 is 17.9 Å². The van der Waals surface area contributed by atoms with Gasteiger partial charge in [0, 0.05) is 19.0 Å². The van der Waals surface area contributed by atoms with Crippen LogP contribution in [0.15, 0.2) is 48.5 Å². The van der Waals surface area contributed by atoms with Crippen LogP contribution in [0.1, 0.15) is 42.5 Å². The number of amides is 1. The van der Waals surface area contributed by atoms with Gasteiger partial charge < -0.3 is 10.1 Å². The van der Waals surface area contributed by atoms with Crippen LogP contribution in [0, 0.1) is 12.8 Å². The lowest BCUT2D eigenvalue weighted by Gasteiger charge is -2.31. The summed E-state index contributed by atoms with van der Waals surface area (Å²) < 4.78 is 32.3. The number of aryl methyl sites for hydroxylation is 1. The first-order valence-corrected chi connectivity index (χ1v) is 11.9. The summed E-state index contributed by atoms with van der Waals surface area (Å²) in [6.45, 7) is 4.62. The lowest BCUT2D eigenvalue weighted by Crippen LogP contribution is -2.43. The second-order valence-corrected chi connectivity index (χ2v) is 9.83. The molecular weight excluding hydrogens is 400 g/mol. The normalized spacial score (nSPS) is 16.8. The summed E-state index contributed by atoms with van der Waals surface area (Å²) >= 11 is 0. The highest BCUT2D eigenvalue weighted by molar-refractivity contribution is 7.88. The SMILES string of the molecule is COc1ccc(C(C)NC(=O)C2CCN(S(=O)(=O)Cc3ccccc3C)CC2)cc1. The van der Waals surface area contributed by atoms with E-state index in [1.807, 2.05) is 62.4 Å². The van der Waals surface area contributed by atoms with Crippen LogP contribution in [0.25, 0.3) is 0 Å². The van der Waals surface area contributed by atoms with Gasteiger partial charge in [-0.3, -0.25) is 4.79 Å². The van der Waals surface area contributed by atoms with Crippen LogP contribution in [-0.4, -0.2) is 38.8 Å². The van der Waals surface area contributed by atoms with Crippen LogP contribution in [0.2, 0.25) is 0 Å². The number of hydrogen-bond acceptors (Lipinski definition) is 4. The molecule has 1 heterocycles. The quantitative estimate of drug-likeness (QED) is 0.730. The number of nitrogens with zero attached hydrogens (tertiary/aromatic N) is 1. The molecule has 1 N–H and O–H groups in total. The Labute approximate surface area is 179 Å². The number of benzene rings is 2. The number of carbonyl (C=O) groups excluding carboxylic acids is 1. The lowest BCUT2D eigenvalue weighted by molar-refractivity contribution is -0.126. The van der Waals surface area contributed by atoms with Gasteiger partial charge in [-0.2, -0.15) is 0 Å². The molecule has 30 heavy (non-hydrogen) atoms. The largest absolute Gasteiger partial charge is 0.497 e. The van der Waals surface area contributed by atoms with Gasteiger partial charge in [0.1, 0.15) is 5.75 Å². The lowest BCUT2D eigenvalue weighted by atomic mass is 9.96. The molecule has 1 saturated heterocycles. The third-order valence-corrected chi connectivity index (χ3v) is 7.62. The van der Waals surface area contributed by atoms with E-state index in [4.69, 9.17) is 4.74 Å². The van der Waals surface area contributed by atoms with Gasteiger partial charge in [0.15, 0.2) is 0 Å². The number of carbonyl (C=O) groups is 1. The number of methoxy groups -OCH3 is 1. The van der Waals surface area contributed by atoms with Gasteiger partial charge in [-0.05, 0) is 55.5 Å². The molecule has 6 nitrogen and oxygen atoms in total. The summed E-state index contributed by atoms with van der Waals surface area (Å²) in [6, 6.07) is 15.0. The maximum absolute atomic E-state index is 12.8. The molecule has 0 saturated carbocycles. The molecular formula is C23H30N2O4S. The Kier molecular flexibility index (Phi) is 7.15. The smallest absolute Gasteiger partial charge is 0.223 e. The van der Waals surface area contributed by atoms with Crippen molar-refractivity contribution in [3.8, 4) is 5.75 Å². The zero-order valence-corrected chi connectivity index (χ0v) is 18.6. The molecule has 1 atom stereocenters. The van der Waals surface area contributed by atoms with Crippen molar-refractivity contribution in [2.75, 3.05) is 20.2 Å². The minimum Gasteiger partial charge on any atom is -0.497 e. The van der Waals surface area contributed by atoms with Crippen molar-refractivity contribution in [3.63, 3.8) is 0 Å². The molecule has 1 unspecified atom stereocenters. The maximum Gasteiger partial charge on any atom is 0.223 e. The van der Waals surface area contributed by atoms with E-state index in [1.54, 1.807) is 7.11 Å². The highest BCUT2D eigenvalue weighted by atomic mass is 32.2. The highest BCUT2D eigenvalue weighted by Gasteiger charge is 2.31. The van der Waals surface area contributed by atoms with Gasteiger partial charge in [-0.1, -0.05) is 36.4 Å². The Morgan fingerprint density at radius 1 is 1.13 bits per heavy atom. The van der Waals surface area contributed by atoms with Crippen molar-refractivity contribution in [1.82, 2.24) is 9.62 Å². The van der Waals surface area contributed by atoms with E-state index in [1.165, 1.54) is 4.31 Å². The highest BCUT2D eigenvalue weighted by Crippen LogP contribution is 2.24. The molecule has 0 aromatic heterocycles. The van der Waals surface area contributed by atoms with E-state index in [0.717, 1.165) is 22.4 Å². The number of sulfonamides is 1. The molecule has 3 rings (SSSR count). The summed E-state index contributed by atoms with van der Waals surface area (Å²) in [5, 5.41) is 3.06. The molecule has 0 radical (unpaired) electrons. The van der Waals surface area contributed by atoms with Gasteiger partial charge >= 0.3 is 0 Å². The molecule has 1 aliphatic rings. The number of piperidine rings is 1. The molecule has 162 valence electrons. The van der Waals surface area contributed by atoms with Gasteiger partial charge in [-0.15, -0.1) is 0 Å². The Bertz CT molecular complexity index is 965. The van der Waals surface area contributed by atoms with Crippen LogP contribution in [-0.2, 0) is 20.6 Å². The van der Waals surface area contributed by atoms with E-state index in [-0.39, 0.29) is 23.6 Å². The van der Waals surface area contributed by atoms with Crippen molar-refractivity contribution >= 4 is 15.9 Å². The average molecular weight is 431 g/mol. The summed E-state index contributed by atoms with van der Waals surface area (Å²) in [5.74, 6) is 0.590. The van der Waals surface area contributed by atoms with E-state index < -0.39 is 10.0 Å². The topological polar surface area (TPSA) is 75.7 Å². The van der Waals surface area contributed by atoms with Gasteiger partial charge in [0.05, 0.1) is 18.9 Å². The number of nitrogens with one attached hydrogen (secondary N) is 1. The maximum atomic E-state index is 12.8. The monoisotopic (exact) mass is 430 g/mol.